The fourth-order valence-corrected chi connectivity index (χ4v) is 2.88. The van der Waals surface area contributed by atoms with Crippen LogP contribution in [0.25, 0.3) is 0 Å². The van der Waals surface area contributed by atoms with Gasteiger partial charge in [-0.3, -0.25) is 4.79 Å². The summed E-state index contributed by atoms with van der Waals surface area (Å²) >= 11 is 0. The molecule has 0 aliphatic carbocycles. The van der Waals surface area contributed by atoms with Crippen LogP contribution in [0.5, 0.6) is 5.75 Å². The van der Waals surface area contributed by atoms with Crippen molar-refractivity contribution in [3.63, 3.8) is 0 Å². The summed E-state index contributed by atoms with van der Waals surface area (Å²) in [5, 5.41) is 0. The van der Waals surface area contributed by atoms with Crippen LogP contribution in [0, 0.1) is 0 Å². The SMILES string of the molecule is O=C1OCC2(CCN(C(=O)c3ccccc3OC(F)(F)C(F)F)CC2)O1. The smallest absolute Gasteiger partial charge is 0.430 e. The molecule has 1 aromatic rings. The Morgan fingerprint density at radius 3 is 2.46 bits per heavy atom. The van der Waals surface area contributed by atoms with Crippen LogP contribution >= 0.6 is 0 Å². The van der Waals surface area contributed by atoms with E-state index < -0.39 is 35.9 Å². The number of rotatable bonds is 4. The third kappa shape index (κ3) is 3.54. The number of cyclic esters (lactones) is 1. The molecule has 1 spiro atoms. The standard InChI is InChI=1S/C16H15F4NO5/c17-13(18)16(19,20)25-11-4-2-1-3-10(11)12(22)21-7-5-15(6-8-21)9-24-14(23)26-15/h1-4,13H,5-9H2. The van der Waals surface area contributed by atoms with Crippen LogP contribution in [0.2, 0.25) is 0 Å². The molecule has 10 heteroatoms. The van der Waals surface area contributed by atoms with Gasteiger partial charge in [0.15, 0.2) is 5.60 Å². The number of hydrogen-bond acceptors (Lipinski definition) is 5. The van der Waals surface area contributed by atoms with Gasteiger partial charge in [0, 0.05) is 25.9 Å². The number of alkyl halides is 4. The fourth-order valence-electron chi connectivity index (χ4n) is 2.88. The summed E-state index contributed by atoms with van der Waals surface area (Å²) in [4.78, 5) is 25.1. The van der Waals surface area contributed by atoms with Crippen molar-refractivity contribution in [2.24, 2.45) is 0 Å². The highest BCUT2D eigenvalue weighted by Crippen LogP contribution is 2.34. The van der Waals surface area contributed by atoms with Gasteiger partial charge in [0.2, 0.25) is 0 Å². The van der Waals surface area contributed by atoms with E-state index in [1.54, 1.807) is 0 Å². The minimum absolute atomic E-state index is 0.0914. The lowest BCUT2D eigenvalue weighted by Gasteiger charge is -2.36. The van der Waals surface area contributed by atoms with Gasteiger partial charge in [-0.2, -0.15) is 17.6 Å². The van der Waals surface area contributed by atoms with E-state index in [0.29, 0.717) is 12.8 Å². The molecule has 0 unspecified atom stereocenters. The molecule has 2 saturated heterocycles. The first kappa shape index (κ1) is 18.3. The number of benzene rings is 1. The molecule has 0 N–H and O–H groups in total. The van der Waals surface area contributed by atoms with Crippen LogP contribution in [0.1, 0.15) is 23.2 Å². The topological polar surface area (TPSA) is 65.1 Å². The first-order valence-corrected chi connectivity index (χ1v) is 7.81. The Kier molecular flexibility index (Phi) is 4.68. The lowest BCUT2D eigenvalue weighted by atomic mass is 9.92. The number of likely N-dealkylation sites (tertiary alicyclic amines) is 1. The number of halogens is 4. The number of piperidine rings is 1. The lowest BCUT2D eigenvalue weighted by Crippen LogP contribution is -2.48. The van der Waals surface area contributed by atoms with Gasteiger partial charge in [0.05, 0.1) is 5.56 Å². The van der Waals surface area contributed by atoms with E-state index in [4.69, 9.17) is 9.47 Å². The number of nitrogens with zero attached hydrogens (tertiary/aromatic N) is 1. The van der Waals surface area contributed by atoms with Crippen molar-refractivity contribution in [2.45, 2.75) is 31.0 Å². The van der Waals surface area contributed by atoms with E-state index in [1.807, 2.05) is 0 Å². The van der Waals surface area contributed by atoms with Crippen molar-refractivity contribution in [1.29, 1.82) is 0 Å². The van der Waals surface area contributed by atoms with Crippen LogP contribution in [0.15, 0.2) is 24.3 Å². The second-order valence-corrected chi connectivity index (χ2v) is 6.08. The van der Waals surface area contributed by atoms with E-state index in [1.165, 1.54) is 23.1 Å². The van der Waals surface area contributed by atoms with Gasteiger partial charge in [-0.15, -0.1) is 0 Å². The minimum atomic E-state index is -4.71. The van der Waals surface area contributed by atoms with Gasteiger partial charge < -0.3 is 19.1 Å². The summed E-state index contributed by atoms with van der Waals surface area (Å²) in [6.45, 7) is 0.471. The number of carbonyl (C=O) groups is 2. The zero-order valence-electron chi connectivity index (χ0n) is 13.4. The van der Waals surface area contributed by atoms with Crippen molar-refractivity contribution in [3.8, 4) is 5.75 Å². The van der Waals surface area contributed by atoms with E-state index in [9.17, 15) is 27.2 Å². The minimum Gasteiger partial charge on any atom is -0.430 e. The highest BCUT2D eigenvalue weighted by atomic mass is 19.3. The number of carbonyl (C=O) groups excluding carboxylic acids is 2. The first-order chi connectivity index (χ1) is 12.2. The van der Waals surface area contributed by atoms with Gasteiger partial charge >= 0.3 is 18.7 Å². The maximum atomic E-state index is 13.2. The second-order valence-electron chi connectivity index (χ2n) is 6.08. The molecular formula is C16H15F4NO5. The summed E-state index contributed by atoms with van der Waals surface area (Å²) in [7, 11) is 0. The number of para-hydroxylation sites is 1. The molecule has 0 bridgehead atoms. The average molecular weight is 377 g/mol. The van der Waals surface area contributed by atoms with Gasteiger partial charge in [-0.05, 0) is 12.1 Å². The van der Waals surface area contributed by atoms with E-state index in [-0.39, 0.29) is 25.3 Å². The van der Waals surface area contributed by atoms with Crippen molar-refractivity contribution >= 4 is 12.1 Å². The zero-order valence-corrected chi connectivity index (χ0v) is 13.4. The molecule has 1 aromatic carbocycles. The van der Waals surface area contributed by atoms with Crippen molar-refractivity contribution < 1.29 is 41.4 Å². The molecule has 2 aliphatic heterocycles. The second kappa shape index (κ2) is 6.65. The number of amides is 1. The van der Waals surface area contributed by atoms with Crippen molar-refractivity contribution in [1.82, 2.24) is 4.90 Å². The lowest BCUT2D eigenvalue weighted by molar-refractivity contribution is -0.253. The van der Waals surface area contributed by atoms with Crippen LogP contribution in [0.3, 0.4) is 0 Å². The quantitative estimate of drug-likeness (QED) is 0.596. The zero-order chi connectivity index (χ0) is 18.9. The summed E-state index contributed by atoms with van der Waals surface area (Å²) in [6.07, 6.45) is -8.87. The monoisotopic (exact) mass is 377 g/mol. The van der Waals surface area contributed by atoms with Gasteiger partial charge in [-0.25, -0.2) is 4.79 Å². The number of ether oxygens (including phenoxy) is 3. The molecule has 0 saturated carbocycles. The molecular weight excluding hydrogens is 362 g/mol. The summed E-state index contributed by atoms with van der Waals surface area (Å²) in [6, 6.07) is 4.97. The van der Waals surface area contributed by atoms with Crippen molar-refractivity contribution in [3.05, 3.63) is 29.8 Å². The molecule has 1 amide bonds. The predicted octanol–water partition coefficient (Wildman–Crippen LogP) is 3.06. The molecule has 2 aliphatic rings. The largest absolute Gasteiger partial charge is 0.509 e. The average Bonchev–Trinajstić information content (AvgIpc) is 2.95. The number of hydrogen-bond donors (Lipinski definition) is 0. The van der Waals surface area contributed by atoms with E-state index >= 15 is 0 Å². The third-order valence-electron chi connectivity index (χ3n) is 4.33. The molecule has 6 nitrogen and oxygen atoms in total. The molecule has 3 rings (SSSR count). The maximum Gasteiger partial charge on any atom is 0.509 e. The molecule has 2 heterocycles. The molecule has 0 atom stereocenters. The Morgan fingerprint density at radius 1 is 1.23 bits per heavy atom. The van der Waals surface area contributed by atoms with Crippen LogP contribution in [0.4, 0.5) is 22.4 Å². The highest BCUT2D eigenvalue weighted by molar-refractivity contribution is 5.97. The molecule has 142 valence electrons. The Labute approximate surface area is 145 Å². The van der Waals surface area contributed by atoms with Gasteiger partial charge in [0.1, 0.15) is 12.4 Å². The molecule has 2 fully saturated rings. The maximum absolute atomic E-state index is 13.2. The Morgan fingerprint density at radius 2 is 1.88 bits per heavy atom. The molecule has 0 radical (unpaired) electrons. The predicted molar refractivity (Wildman–Crippen MR) is 78.3 cm³/mol. The Hall–Kier alpha value is -2.52. The van der Waals surface area contributed by atoms with E-state index in [2.05, 4.69) is 4.74 Å². The van der Waals surface area contributed by atoms with E-state index in [0.717, 1.165) is 6.07 Å². The Balaban J connectivity index is 1.72. The third-order valence-corrected chi connectivity index (χ3v) is 4.33. The van der Waals surface area contributed by atoms with Crippen LogP contribution in [-0.4, -0.2) is 54.8 Å². The molecule has 26 heavy (non-hydrogen) atoms. The van der Waals surface area contributed by atoms with Crippen LogP contribution < -0.4 is 4.74 Å². The normalized spacial score (nSPS) is 19.4. The summed E-state index contributed by atoms with van der Waals surface area (Å²) in [5.41, 5.74) is -1.03. The first-order valence-electron chi connectivity index (χ1n) is 7.81. The van der Waals surface area contributed by atoms with Gasteiger partial charge in [0.25, 0.3) is 5.91 Å². The summed E-state index contributed by atoms with van der Waals surface area (Å²) in [5.74, 6) is -1.26. The van der Waals surface area contributed by atoms with Crippen molar-refractivity contribution in [2.75, 3.05) is 19.7 Å². The highest BCUT2D eigenvalue weighted by Gasteiger charge is 2.47. The van der Waals surface area contributed by atoms with Crippen LogP contribution in [-0.2, 0) is 9.47 Å². The summed E-state index contributed by atoms with van der Waals surface area (Å²) < 4.78 is 65.1. The fraction of sp³-hybridized carbons (Fsp3) is 0.500. The molecule has 0 aromatic heterocycles. The Bertz CT molecular complexity index is 704. The van der Waals surface area contributed by atoms with Gasteiger partial charge in [-0.1, -0.05) is 12.1 Å².